The summed E-state index contributed by atoms with van der Waals surface area (Å²) in [7, 11) is 0. The Morgan fingerprint density at radius 3 is 2.38 bits per heavy atom. The van der Waals surface area contributed by atoms with Gasteiger partial charge in [0.25, 0.3) is 5.91 Å². The Morgan fingerprint density at radius 2 is 1.76 bits per heavy atom. The maximum Gasteiger partial charge on any atom is 0.251 e. The summed E-state index contributed by atoms with van der Waals surface area (Å²) >= 11 is 0. The first kappa shape index (κ1) is 15.3. The fraction of sp³-hybridized carbons (Fsp3) is 0.938. The standard InChI is InChI=1S/C16H29N3O2/c17-11-14-3-4-15(21-14)16(20)19-9-5-13(6-10-19)12-18-7-1-2-8-18/h13-15H,1-12,17H2. The van der Waals surface area contributed by atoms with Crippen LogP contribution < -0.4 is 5.73 Å². The second kappa shape index (κ2) is 7.07. The molecule has 0 bridgehead atoms. The van der Waals surface area contributed by atoms with Crippen molar-refractivity contribution >= 4 is 5.91 Å². The minimum absolute atomic E-state index is 0.0895. The van der Waals surface area contributed by atoms with E-state index in [1.54, 1.807) is 0 Å². The molecule has 3 aliphatic heterocycles. The van der Waals surface area contributed by atoms with Crippen LogP contribution in [0.1, 0.15) is 38.5 Å². The first-order valence-corrected chi connectivity index (χ1v) is 8.63. The number of piperidine rings is 1. The molecule has 3 saturated heterocycles. The van der Waals surface area contributed by atoms with E-state index in [0.29, 0.717) is 6.54 Å². The quantitative estimate of drug-likeness (QED) is 0.834. The lowest BCUT2D eigenvalue weighted by Crippen LogP contribution is -2.45. The molecule has 2 N–H and O–H groups in total. The van der Waals surface area contributed by atoms with Gasteiger partial charge in [0.05, 0.1) is 6.10 Å². The highest BCUT2D eigenvalue weighted by Crippen LogP contribution is 2.25. The van der Waals surface area contributed by atoms with Crippen molar-refractivity contribution in [3.8, 4) is 0 Å². The number of nitrogens with two attached hydrogens (primary N) is 1. The number of hydrogen-bond acceptors (Lipinski definition) is 4. The molecule has 120 valence electrons. The molecule has 2 atom stereocenters. The van der Waals surface area contributed by atoms with E-state index in [1.807, 2.05) is 4.90 Å². The summed E-state index contributed by atoms with van der Waals surface area (Å²) in [6, 6.07) is 0. The van der Waals surface area contributed by atoms with E-state index in [4.69, 9.17) is 10.5 Å². The van der Waals surface area contributed by atoms with Gasteiger partial charge in [-0.25, -0.2) is 0 Å². The topological polar surface area (TPSA) is 58.8 Å². The van der Waals surface area contributed by atoms with E-state index >= 15 is 0 Å². The van der Waals surface area contributed by atoms with Gasteiger partial charge in [-0.05, 0) is 57.5 Å². The molecule has 3 fully saturated rings. The van der Waals surface area contributed by atoms with Crippen molar-refractivity contribution in [3.63, 3.8) is 0 Å². The van der Waals surface area contributed by atoms with Crippen molar-refractivity contribution in [2.45, 2.75) is 50.7 Å². The van der Waals surface area contributed by atoms with Crippen molar-refractivity contribution in [1.82, 2.24) is 9.80 Å². The maximum absolute atomic E-state index is 12.5. The fourth-order valence-corrected chi connectivity index (χ4v) is 3.93. The van der Waals surface area contributed by atoms with Crippen LogP contribution in [0, 0.1) is 5.92 Å². The van der Waals surface area contributed by atoms with Crippen LogP contribution in [-0.2, 0) is 9.53 Å². The van der Waals surface area contributed by atoms with Gasteiger partial charge >= 0.3 is 0 Å². The molecule has 0 aliphatic carbocycles. The maximum atomic E-state index is 12.5. The van der Waals surface area contributed by atoms with Crippen molar-refractivity contribution in [2.24, 2.45) is 11.7 Å². The Bertz CT molecular complexity index is 349. The summed E-state index contributed by atoms with van der Waals surface area (Å²) in [4.78, 5) is 17.1. The predicted octanol–water partition coefficient (Wildman–Crippen LogP) is 0.827. The number of rotatable bonds is 4. The van der Waals surface area contributed by atoms with E-state index < -0.39 is 0 Å². The molecule has 0 radical (unpaired) electrons. The Labute approximate surface area is 127 Å². The van der Waals surface area contributed by atoms with Crippen LogP contribution >= 0.6 is 0 Å². The smallest absolute Gasteiger partial charge is 0.251 e. The number of carbonyl (C=O) groups is 1. The molecule has 3 aliphatic rings. The largest absolute Gasteiger partial charge is 0.364 e. The second-order valence-electron chi connectivity index (χ2n) is 6.84. The van der Waals surface area contributed by atoms with Gasteiger partial charge in [0.1, 0.15) is 6.10 Å². The van der Waals surface area contributed by atoms with Crippen LogP contribution in [-0.4, -0.2) is 67.2 Å². The highest BCUT2D eigenvalue weighted by atomic mass is 16.5. The van der Waals surface area contributed by atoms with Gasteiger partial charge in [0.15, 0.2) is 0 Å². The summed E-state index contributed by atoms with van der Waals surface area (Å²) in [5.74, 6) is 0.971. The average molecular weight is 295 g/mol. The molecule has 5 heteroatoms. The van der Waals surface area contributed by atoms with E-state index in [1.165, 1.54) is 32.5 Å². The van der Waals surface area contributed by atoms with Crippen LogP contribution in [0.5, 0.6) is 0 Å². The van der Waals surface area contributed by atoms with E-state index in [-0.39, 0.29) is 18.1 Å². The van der Waals surface area contributed by atoms with Gasteiger partial charge in [0, 0.05) is 26.2 Å². The second-order valence-corrected chi connectivity index (χ2v) is 6.84. The van der Waals surface area contributed by atoms with E-state index in [0.717, 1.165) is 44.7 Å². The molecular formula is C16H29N3O2. The first-order valence-electron chi connectivity index (χ1n) is 8.63. The fourth-order valence-electron chi connectivity index (χ4n) is 3.93. The summed E-state index contributed by atoms with van der Waals surface area (Å²) < 4.78 is 5.74. The zero-order valence-corrected chi connectivity index (χ0v) is 13.0. The third kappa shape index (κ3) is 3.76. The Morgan fingerprint density at radius 1 is 1.05 bits per heavy atom. The molecule has 3 heterocycles. The van der Waals surface area contributed by atoms with Crippen molar-refractivity contribution in [3.05, 3.63) is 0 Å². The zero-order valence-electron chi connectivity index (χ0n) is 13.0. The number of likely N-dealkylation sites (tertiary alicyclic amines) is 2. The Hall–Kier alpha value is -0.650. The SMILES string of the molecule is NCC1CCC(C(=O)N2CCC(CN3CCCC3)CC2)O1. The van der Waals surface area contributed by atoms with Crippen molar-refractivity contribution < 1.29 is 9.53 Å². The lowest BCUT2D eigenvalue weighted by molar-refractivity contribution is -0.144. The lowest BCUT2D eigenvalue weighted by atomic mass is 9.96. The van der Waals surface area contributed by atoms with E-state index in [2.05, 4.69) is 4.90 Å². The third-order valence-electron chi connectivity index (χ3n) is 5.29. The highest BCUT2D eigenvalue weighted by Gasteiger charge is 2.34. The Balaban J connectivity index is 1.41. The highest BCUT2D eigenvalue weighted by molar-refractivity contribution is 5.81. The molecule has 0 aromatic carbocycles. The van der Waals surface area contributed by atoms with Gasteiger partial charge in [-0.1, -0.05) is 0 Å². The van der Waals surface area contributed by atoms with Gasteiger partial charge in [-0.2, -0.15) is 0 Å². The average Bonchev–Trinajstić information content (AvgIpc) is 3.18. The molecule has 0 aromatic rings. The minimum Gasteiger partial charge on any atom is -0.364 e. The summed E-state index contributed by atoms with van der Waals surface area (Å²) in [6.45, 7) is 6.12. The van der Waals surface area contributed by atoms with Crippen LogP contribution in [0.2, 0.25) is 0 Å². The molecule has 0 spiro atoms. The van der Waals surface area contributed by atoms with Crippen molar-refractivity contribution in [1.29, 1.82) is 0 Å². The first-order chi connectivity index (χ1) is 10.3. The van der Waals surface area contributed by atoms with E-state index in [9.17, 15) is 4.79 Å². The third-order valence-corrected chi connectivity index (χ3v) is 5.29. The summed E-state index contributed by atoms with van der Waals surface area (Å²) in [6.07, 6.45) is 6.65. The van der Waals surface area contributed by atoms with Gasteiger partial charge in [0.2, 0.25) is 0 Å². The van der Waals surface area contributed by atoms with Crippen LogP contribution in [0.3, 0.4) is 0 Å². The molecule has 2 unspecified atom stereocenters. The summed E-state index contributed by atoms with van der Waals surface area (Å²) in [5.41, 5.74) is 5.62. The molecule has 21 heavy (non-hydrogen) atoms. The monoisotopic (exact) mass is 295 g/mol. The molecule has 5 nitrogen and oxygen atoms in total. The number of nitrogens with zero attached hydrogens (tertiary/aromatic N) is 2. The van der Waals surface area contributed by atoms with Gasteiger partial charge < -0.3 is 20.3 Å². The predicted molar refractivity (Wildman–Crippen MR) is 81.9 cm³/mol. The van der Waals surface area contributed by atoms with Crippen LogP contribution in [0.4, 0.5) is 0 Å². The molecule has 1 amide bonds. The molecular weight excluding hydrogens is 266 g/mol. The van der Waals surface area contributed by atoms with Gasteiger partial charge in [-0.3, -0.25) is 4.79 Å². The van der Waals surface area contributed by atoms with Crippen LogP contribution in [0.25, 0.3) is 0 Å². The number of ether oxygens (including phenoxy) is 1. The van der Waals surface area contributed by atoms with Crippen LogP contribution in [0.15, 0.2) is 0 Å². The normalized spacial score (nSPS) is 32.0. The lowest BCUT2D eigenvalue weighted by Gasteiger charge is -2.35. The molecule has 3 rings (SSSR count). The summed E-state index contributed by atoms with van der Waals surface area (Å²) in [5, 5.41) is 0. The minimum atomic E-state index is -0.228. The zero-order chi connectivity index (χ0) is 14.7. The number of amides is 1. The van der Waals surface area contributed by atoms with Crippen molar-refractivity contribution in [2.75, 3.05) is 39.3 Å². The number of hydrogen-bond donors (Lipinski definition) is 1. The molecule has 0 saturated carbocycles. The van der Waals surface area contributed by atoms with Gasteiger partial charge in [-0.15, -0.1) is 0 Å². The Kier molecular flexibility index (Phi) is 5.14. The molecule has 0 aromatic heterocycles. The number of carbonyl (C=O) groups excluding carboxylic acids is 1.